The number of pyridine rings is 1. The van der Waals surface area contributed by atoms with Crippen LogP contribution in [0.3, 0.4) is 0 Å². The van der Waals surface area contributed by atoms with Crippen molar-refractivity contribution in [2.24, 2.45) is 11.8 Å². The van der Waals surface area contributed by atoms with Crippen molar-refractivity contribution in [2.75, 3.05) is 26.3 Å². The Morgan fingerprint density at radius 3 is 3.00 bits per heavy atom. The Morgan fingerprint density at radius 1 is 1.38 bits per heavy atom. The summed E-state index contributed by atoms with van der Waals surface area (Å²) in [4.78, 5) is 18.2. The molecule has 2 aliphatic rings. The summed E-state index contributed by atoms with van der Waals surface area (Å²) in [5.41, 5.74) is 1.15. The second-order valence-corrected chi connectivity index (χ2v) is 6.89. The highest BCUT2D eigenvalue weighted by Gasteiger charge is 2.44. The molecule has 0 aliphatic carbocycles. The first kappa shape index (κ1) is 17.4. The number of unbranched alkanes of at least 4 members (excludes halogenated alkanes) is 1. The number of fused-ring (bicyclic) bond motifs is 1. The van der Waals surface area contributed by atoms with Gasteiger partial charge in [0.15, 0.2) is 0 Å². The van der Waals surface area contributed by atoms with Gasteiger partial charge in [0.1, 0.15) is 0 Å². The molecular weight excluding hydrogens is 304 g/mol. The zero-order valence-electron chi connectivity index (χ0n) is 14.5. The quantitative estimate of drug-likeness (QED) is 0.687. The maximum absolute atomic E-state index is 12.2. The molecule has 2 aliphatic heterocycles. The Labute approximate surface area is 144 Å². The van der Waals surface area contributed by atoms with E-state index in [0.29, 0.717) is 30.8 Å². The van der Waals surface area contributed by atoms with E-state index in [4.69, 9.17) is 9.47 Å². The van der Waals surface area contributed by atoms with Gasteiger partial charge in [0.2, 0.25) is 5.91 Å². The van der Waals surface area contributed by atoms with Gasteiger partial charge in [-0.2, -0.15) is 0 Å². The summed E-state index contributed by atoms with van der Waals surface area (Å²) in [5.74, 6) is 1.29. The van der Waals surface area contributed by atoms with Crippen molar-refractivity contribution in [3.05, 3.63) is 30.1 Å². The number of aromatic nitrogens is 1. The standard InChI is InChI=1S/C19H28N2O3/c1-2-3-4-19(22)21-11-17-16(14-24-18(17)12-21)7-10-23-13-15-5-8-20-9-6-15/h5-6,8-9,16-18H,2-4,7,10-14H2,1H3/t16-,17-,18-/m0/s1. The molecule has 0 bridgehead atoms. The van der Waals surface area contributed by atoms with Gasteiger partial charge in [-0.05, 0) is 36.5 Å². The van der Waals surface area contributed by atoms with Crippen LogP contribution in [0.2, 0.25) is 0 Å². The van der Waals surface area contributed by atoms with Crippen LogP contribution >= 0.6 is 0 Å². The Kier molecular flexibility index (Phi) is 6.21. The fourth-order valence-corrected chi connectivity index (χ4v) is 3.69. The molecule has 1 aromatic rings. The van der Waals surface area contributed by atoms with Crippen molar-refractivity contribution in [1.82, 2.24) is 9.88 Å². The van der Waals surface area contributed by atoms with Crippen LogP contribution in [-0.2, 0) is 20.9 Å². The van der Waals surface area contributed by atoms with Gasteiger partial charge >= 0.3 is 0 Å². The van der Waals surface area contributed by atoms with Gasteiger partial charge < -0.3 is 14.4 Å². The minimum atomic E-state index is 0.237. The van der Waals surface area contributed by atoms with E-state index in [9.17, 15) is 4.79 Å². The maximum Gasteiger partial charge on any atom is 0.222 e. The Balaban J connectivity index is 1.39. The largest absolute Gasteiger partial charge is 0.377 e. The summed E-state index contributed by atoms with van der Waals surface area (Å²) in [5, 5.41) is 0. The van der Waals surface area contributed by atoms with Crippen molar-refractivity contribution in [3.8, 4) is 0 Å². The second-order valence-electron chi connectivity index (χ2n) is 6.89. The Morgan fingerprint density at radius 2 is 2.21 bits per heavy atom. The molecule has 3 heterocycles. The third-order valence-corrected chi connectivity index (χ3v) is 5.19. The van der Waals surface area contributed by atoms with Crippen LogP contribution in [0.1, 0.15) is 38.2 Å². The highest BCUT2D eigenvalue weighted by molar-refractivity contribution is 5.76. The lowest BCUT2D eigenvalue weighted by Gasteiger charge is -2.20. The summed E-state index contributed by atoms with van der Waals surface area (Å²) in [6.45, 7) is 5.95. The lowest BCUT2D eigenvalue weighted by atomic mass is 9.91. The van der Waals surface area contributed by atoms with Crippen molar-refractivity contribution < 1.29 is 14.3 Å². The first-order valence-corrected chi connectivity index (χ1v) is 9.14. The number of hydrogen-bond acceptors (Lipinski definition) is 4. The number of carbonyl (C=O) groups is 1. The number of ether oxygens (including phenoxy) is 2. The van der Waals surface area contributed by atoms with Gasteiger partial charge in [0.05, 0.1) is 19.3 Å². The normalized spacial score (nSPS) is 25.9. The van der Waals surface area contributed by atoms with Gasteiger partial charge in [0.25, 0.3) is 0 Å². The zero-order chi connectivity index (χ0) is 16.8. The molecule has 3 atom stereocenters. The van der Waals surface area contributed by atoms with Crippen LogP contribution in [0.15, 0.2) is 24.5 Å². The molecule has 5 nitrogen and oxygen atoms in total. The van der Waals surface area contributed by atoms with Crippen molar-refractivity contribution in [1.29, 1.82) is 0 Å². The summed E-state index contributed by atoms with van der Waals surface area (Å²) < 4.78 is 11.7. The van der Waals surface area contributed by atoms with Crippen LogP contribution in [-0.4, -0.2) is 48.2 Å². The molecule has 3 rings (SSSR count). The predicted molar refractivity (Wildman–Crippen MR) is 91.3 cm³/mol. The third kappa shape index (κ3) is 4.33. The molecule has 0 aromatic carbocycles. The minimum absolute atomic E-state index is 0.237. The fourth-order valence-electron chi connectivity index (χ4n) is 3.69. The first-order chi connectivity index (χ1) is 11.8. The molecule has 0 radical (unpaired) electrons. The second kappa shape index (κ2) is 8.58. The van der Waals surface area contributed by atoms with E-state index in [1.54, 1.807) is 12.4 Å². The first-order valence-electron chi connectivity index (χ1n) is 9.14. The third-order valence-electron chi connectivity index (χ3n) is 5.19. The molecule has 0 spiro atoms. The van der Waals surface area contributed by atoms with E-state index in [1.165, 1.54) is 0 Å². The van der Waals surface area contributed by atoms with E-state index in [0.717, 1.165) is 51.1 Å². The highest BCUT2D eigenvalue weighted by atomic mass is 16.5. The van der Waals surface area contributed by atoms with Crippen LogP contribution in [0, 0.1) is 11.8 Å². The highest BCUT2D eigenvalue weighted by Crippen LogP contribution is 2.35. The molecule has 0 saturated carbocycles. The summed E-state index contributed by atoms with van der Waals surface area (Å²) >= 11 is 0. The molecule has 132 valence electrons. The summed E-state index contributed by atoms with van der Waals surface area (Å²) in [6, 6.07) is 3.96. The smallest absolute Gasteiger partial charge is 0.222 e. The molecule has 0 N–H and O–H groups in total. The molecule has 1 amide bonds. The monoisotopic (exact) mass is 332 g/mol. The number of rotatable bonds is 8. The van der Waals surface area contributed by atoms with Gasteiger partial charge in [-0.3, -0.25) is 9.78 Å². The molecular formula is C19H28N2O3. The van der Waals surface area contributed by atoms with Crippen LogP contribution in [0.5, 0.6) is 0 Å². The average Bonchev–Trinajstić information content (AvgIpc) is 3.19. The van der Waals surface area contributed by atoms with E-state index in [1.807, 2.05) is 17.0 Å². The SMILES string of the molecule is CCCCC(=O)N1C[C@H]2[C@@H](CCOCc3ccncc3)CO[C@H]2C1. The maximum atomic E-state index is 12.2. The van der Waals surface area contributed by atoms with Crippen molar-refractivity contribution in [3.63, 3.8) is 0 Å². The molecule has 2 saturated heterocycles. The van der Waals surface area contributed by atoms with E-state index in [-0.39, 0.29) is 6.10 Å². The lowest BCUT2D eigenvalue weighted by Crippen LogP contribution is -2.31. The number of hydrogen-bond donors (Lipinski definition) is 0. The number of likely N-dealkylation sites (tertiary alicyclic amines) is 1. The lowest BCUT2D eigenvalue weighted by molar-refractivity contribution is -0.131. The van der Waals surface area contributed by atoms with Crippen LogP contribution in [0.4, 0.5) is 0 Å². The summed E-state index contributed by atoms with van der Waals surface area (Å²) in [6.07, 6.45) is 7.55. The Bertz CT molecular complexity index is 523. The molecule has 0 unspecified atom stereocenters. The molecule has 2 fully saturated rings. The van der Waals surface area contributed by atoms with E-state index >= 15 is 0 Å². The minimum Gasteiger partial charge on any atom is -0.377 e. The molecule has 24 heavy (non-hydrogen) atoms. The van der Waals surface area contributed by atoms with E-state index < -0.39 is 0 Å². The average molecular weight is 332 g/mol. The van der Waals surface area contributed by atoms with Crippen molar-refractivity contribution >= 4 is 5.91 Å². The van der Waals surface area contributed by atoms with Crippen molar-refractivity contribution in [2.45, 2.75) is 45.3 Å². The number of nitrogens with zero attached hydrogens (tertiary/aromatic N) is 2. The summed E-state index contributed by atoms with van der Waals surface area (Å²) in [7, 11) is 0. The number of amides is 1. The van der Waals surface area contributed by atoms with Gasteiger partial charge in [-0.1, -0.05) is 13.3 Å². The molecule has 1 aromatic heterocycles. The number of carbonyl (C=O) groups excluding carboxylic acids is 1. The van der Waals surface area contributed by atoms with Crippen LogP contribution in [0.25, 0.3) is 0 Å². The predicted octanol–water partition coefficient (Wildman–Crippen LogP) is 2.65. The van der Waals surface area contributed by atoms with Gasteiger partial charge in [-0.15, -0.1) is 0 Å². The molecule has 5 heteroatoms. The van der Waals surface area contributed by atoms with Crippen LogP contribution < -0.4 is 0 Å². The zero-order valence-corrected chi connectivity index (χ0v) is 14.5. The topological polar surface area (TPSA) is 51.7 Å². The fraction of sp³-hybridized carbons (Fsp3) is 0.684. The Hall–Kier alpha value is -1.46. The van der Waals surface area contributed by atoms with Gasteiger partial charge in [0, 0.05) is 44.4 Å². The van der Waals surface area contributed by atoms with E-state index in [2.05, 4.69) is 11.9 Å². The van der Waals surface area contributed by atoms with Gasteiger partial charge in [-0.25, -0.2) is 0 Å².